The molecule has 0 saturated heterocycles. The molecule has 1 aromatic carbocycles. The van der Waals surface area contributed by atoms with E-state index in [9.17, 15) is 9.18 Å². The van der Waals surface area contributed by atoms with Gasteiger partial charge in [0.2, 0.25) is 0 Å². The molecule has 3 heterocycles. The number of carbonyl (C=O) groups is 1. The minimum Gasteiger partial charge on any atom is -0.489 e. The van der Waals surface area contributed by atoms with Gasteiger partial charge in [0.05, 0.1) is 12.7 Å². The van der Waals surface area contributed by atoms with Gasteiger partial charge in [-0.25, -0.2) is 13.9 Å². The number of hydrogen-bond donors (Lipinski definition) is 2. The van der Waals surface area contributed by atoms with Crippen LogP contribution in [0.3, 0.4) is 0 Å². The molecular weight excluding hydrogens is 349 g/mol. The molecule has 2 bridgehead atoms. The Hall–Kier alpha value is -3.16. The number of amides is 1. The number of ether oxygens (including phenoxy) is 1. The fraction of sp³-hybridized carbons (Fsp3) is 0.316. The maximum Gasteiger partial charge on any atom is 0.256 e. The fourth-order valence-electron chi connectivity index (χ4n) is 2.70. The number of fused-ring (bicyclic) bond motifs is 2. The smallest absolute Gasteiger partial charge is 0.256 e. The van der Waals surface area contributed by atoms with Gasteiger partial charge in [-0.05, 0) is 31.2 Å². The van der Waals surface area contributed by atoms with Gasteiger partial charge in [-0.2, -0.15) is 5.10 Å². The molecule has 1 aliphatic heterocycles. The lowest BCUT2D eigenvalue weighted by molar-refractivity contribution is 0.0933. The number of carbonyl (C=O) groups excluding carboxylic acids is 1. The Morgan fingerprint density at radius 1 is 1.26 bits per heavy atom. The van der Waals surface area contributed by atoms with E-state index in [-0.39, 0.29) is 17.8 Å². The van der Waals surface area contributed by atoms with E-state index in [1.54, 1.807) is 18.3 Å². The first kappa shape index (κ1) is 18.6. The number of aromatic nitrogens is 3. The second-order valence-corrected chi connectivity index (χ2v) is 5.88. The molecule has 142 valence electrons. The molecule has 2 aromatic heterocycles. The van der Waals surface area contributed by atoms with Crippen molar-refractivity contribution < 1.29 is 13.9 Å². The van der Waals surface area contributed by atoms with E-state index in [1.165, 1.54) is 22.8 Å². The first-order chi connectivity index (χ1) is 13.1. The Labute approximate surface area is 156 Å². The summed E-state index contributed by atoms with van der Waals surface area (Å²) in [5.41, 5.74) is 1.52. The first-order valence-corrected chi connectivity index (χ1v) is 8.92. The third-order valence-electron chi connectivity index (χ3n) is 3.97. The summed E-state index contributed by atoms with van der Waals surface area (Å²) in [4.78, 5) is 16.8. The molecule has 2 N–H and O–H groups in total. The summed E-state index contributed by atoms with van der Waals surface area (Å²) in [6.07, 6.45) is 2.92. The van der Waals surface area contributed by atoms with Crippen LogP contribution in [0.1, 0.15) is 36.7 Å². The van der Waals surface area contributed by atoms with Gasteiger partial charge in [0.15, 0.2) is 5.65 Å². The number of anilines is 1. The van der Waals surface area contributed by atoms with Crippen molar-refractivity contribution in [3.63, 3.8) is 0 Å². The monoisotopic (exact) mass is 371 g/mol. The first-order valence-electron chi connectivity index (χ1n) is 8.92. The summed E-state index contributed by atoms with van der Waals surface area (Å²) in [5.74, 6) is 0.521. The number of benzene rings is 1. The average molecular weight is 371 g/mol. The average Bonchev–Trinajstić information content (AvgIpc) is 3.10. The van der Waals surface area contributed by atoms with Crippen molar-refractivity contribution in [2.45, 2.75) is 33.4 Å². The largest absolute Gasteiger partial charge is 0.489 e. The van der Waals surface area contributed by atoms with Gasteiger partial charge in [0.25, 0.3) is 5.91 Å². The summed E-state index contributed by atoms with van der Waals surface area (Å²) in [6.45, 7) is 6.49. The van der Waals surface area contributed by atoms with Gasteiger partial charge in [0, 0.05) is 18.3 Å². The quantitative estimate of drug-likeness (QED) is 0.635. The number of rotatable bonds is 0. The van der Waals surface area contributed by atoms with Gasteiger partial charge < -0.3 is 15.4 Å². The van der Waals surface area contributed by atoms with Crippen LogP contribution in [0.15, 0.2) is 36.7 Å². The lowest BCUT2D eigenvalue weighted by Crippen LogP contribution is -2.33. The third-order valence-corrected chi connectivity index (χ3v) is 3.97. The zero-order valence-electron chi connectivity index (χ0n) is 15.5. The van der Waals surface area contributed by atoms with Crippen LogP contribution < -0.4 is 15.4 Å². The summed E-state index contributed by atoms with van der Waals surface area (Å²) >= 11 is 0. The Morgan fingerprint density at radius 2 is 2.07 bits per heavy atom. The minimum atomic E-state index is -0.337. The molecule has 0 spiro atoms. The van der Waals surface area contributed by atoms with Gasteiger partial charge in [-0.3, -0.25) is 4.79 Å². The topological polar surface area (TPSA) is 80.6 Å². The molecule has 3 aromatic rings. The molecule has 1 unspecified atom stereocenters. The van der Waals surface area contributed by atoms with Crippen LogP contribution in [0, 0.1) is 5.82 Å². The van der Waals surface area contributed by atoms with Crippen molar-refractivity contribution in [1.29, 1.82) is 0 Å². The van der Waals surface area contributed by atoms with E-state index in [1.807, 2.05) is 20.8 Å². The van der Waals surface area contributed by atoms with Gasteiger partial charge in [-0.1, -0.05) is 13.8 Å². The highest BCUT2D eigenvalue weighted by atomic mass is 19.1. The van der Waals surface area contributed by atoms with Crippen LogP contribution in [0.4, 0.5) is 10.2 Å². The summed E-state index contributed by atoms with van der Waals surface area (Å²) in [6, 6.07) is 6.11. The van der Waals surface area contributed by atoms with Crippen molar-refractivity contribution in [3.05, 3.63) is 53.6 Å². The second-order valence-electron chi connectivity index (χ2n) is 5.88. The van der Waals surface area contributed by atoms with Crippen LogP contribution in [0.25, 0.3) is 5.65 Å². The van der Waals surface area contributed by atoms with Crippen molar-refractivity contribution in [2.75, 3.05) is 11.9 Å². The number of halogens is 1. The minimum absolute atomic E-state index is 0.270. The maximum absolute atomic E-state index is 13.6. The fourth-order valence-corrected chi connectivity index (χ4v) is 2.70. The molecule has 7 nitrogen and oxygen atoms in total. The molecule has 1 aliphatic rings. The Kier molecular flexibility index (Phi) is 5.54. The van der Waals surface area contributed by atoms with Crippen LogP contribution in [0.5, 0.6) is 5.75 Å². The Bertz CT molecular complexity index is 956. The predicted molar refractivity (Wildman–Crippen MR) is 100 cm³/mol. The molecule has 0 fully saturated rings. The second kappa shape index (κ2) is 8.03. The van der Waals surface area contributed by atoms with Crippen LogP contribution in [-0.4, -0.2) is 33.2 Å². The van der Waals surface area contributed by atoms with Crippen molar-refractivity contribution in [1.82, 2.24) is 19.9 Å². The van der Waals surface area contributed by atoms with Gasteiger partial charge in [0.1, 0.15) is 29.1 Å². The molecule has 4 rings (SSSR count). The normalized spacial score (nSPS) is 16.4. The Balaban J connectivity index is 0.00000102. The SMILES string of the molecule is CC.CC1CNC(=O)c2cnn3ccc(nc23)NCc2cc(F)ccc2O1. The van der Waals surface area contributed by atoms with Crippen LogP contribution in [0.2, 0.25) is 0 Å². The molecule has 0 aliphatic carbocycles. The van der Waals surface area contributed by atoms with E-state index < -0.39 is 0 Å². The summed E-state index contributed by atoms with van der Waals surface area (Å²) < 4.78 is 21.0. The zero-order valence-corrected chi connectivity index (χ0v) is 15.5. The van der Waals surface area contributed by atoms with Crippen molar-refractivity contribution in [3.8, 4) is 5.75 Å². The highest BCUT2D eigenvalue weighted by Gasteiger charge is 2.17. The van der Waals surface area contributed by atoms with Gasteiger partial charge >= 0.3 is 0 Å². The molecular formula is C19H22FN5O2. The molecule has 27 heavy (non-hydrogen) atoms. The summed E-state index contributed by atoms with van der Waals surface area (Å²) in [7, 11) is 0. The molecule has 0 saturated carbocycles. The van der Waals surface area contributed by atoms with Crippen molar-refractivity contribution >= 4 is 17.4 Å². The van der Waals surface area contributed by atoms with E-state index in [0.717, 1.165) is 0 Å². The lowest BCUT2D eigenvalue weighted by Gasteiger charge is -2.18. The van der Waals surface area contributed by atoms with Crippen molar-refractivity contribution in [2.24, 2.45) is 0 Å². The van der Waals surface area contributed by atoms with Crippen LogP contribution >= 0.6 is 0 Å². The van der Waals surface area contributed by atoms with Crippen LogP contribution in [-0.2, 0) is 6.54 Å². The molecule has 0 radical (unpaired) electrons. The number of nitrogens with zero attached hydrogens (tertiary/aromatic N) is 3. The number of hydrogen-bond acceptors (Lipinski definition) is 5. The zero-order chi connectivity index (χ0) is 19.4. The third kappa shape index (κ3) is 3.99. The maximum atomic E-state index is 13.6. The van der Waals surface area contributed by atoms with E-state index in [4.69, 9.17) is 4.74 Å². The predicted octanol–water partition coefficient (Wildman–Crippen LogP) is 3.02. The highest BCUT2D eigenvalue weighted by molar-refractivity contribution is 5.99. The number of nitrogens with one attached hydrogen (secondary N) is 2. The summed E-state index contributed by atoms with van der Waals surface area (Å²) in [5, 5.41) is 10.1. The lowest BCUT2D eigenvalue weighted by atomic mass is 10.2. The highest BCUT2D eigenvalue weighted by Crippen LogP contribution is 2.23. The Morgan fingerprint density at radius 3 is 2.89 bits per heavy atom. The molecule has 1 amide bonds. The van der Waals surface area contributed by atoms with E-state index in [0.29, 0.717) is 41.4 Å². The standard InChI is InChI=1S/C17H16FN5O2.C2H6/c1-10-7-20-17(24)13-9-21-23-5-4-15(22-16(13)23)19-8-11-6-12(18)2-3-14(11)25-10;1-2/h2-6,9-10H,7-8H2,1H3,(H,19,22)(H,20,24);1-2H3. The molecule has 8 heteroatoms. The van der Waals surface area contributed by atoms with E-state index >= 15 is 0 Å². The van der Waals surface area contributed by atoms with Gasteiger partial charge in [-0.15, -0.1) is 0 Å². The van der Waals surface area contributed by atoms with E-state index in [2.05, 4.69) is 20.7 Å². The molecule has 1 atom stereocenters.